The molecule has 98 valence electrons. The molecule has 0 fully saturated rings. The van der Waals surface area contributed by atoms with Crippen molar-refractivity contribution in [2.24, 2.45) is 0 Å². The molecule has 18 heavy (non-hydrogen) atoms. The van der Waals surface area contributed by atoms with Crippen molar-refractivity contribution in [1.82, 2.24) is 4.98 Å². The van der Waals surface area contributed by atoms with Gasteiger partial charge in [-0.25, -0.2) is 0 Å². The van der Waals surface area contributed by atoms with Gasteiger partial charge in [0.2, 0.25) is 0 Å². The van der Waals surface area contributed by atoms with E-state index in [-0.39, 0.29) is 0 Å². The van der Waals surface area contributed by atoms with Crippen LogP contribution in [0, 0.1) is 0 Å². The average Bonchev–Trinajstić information content (AvgIpc) is 2.35. The maximum Gasteiger partial charge on any atom is 0.417 e. The molecule has 0 N–H and O–H groups in total. The van der Waals surface area contributed by atoms with Crippen LogP contribution in [0.2, 0.25) is 0 Å². The lowest BCUT2D eigenvalue weighted by Crippen LogP contribution is -2.22. The smallest absolute Gasteiger partial charge is 0.417 e. The number of ether oxygens (including phenoxy) is 1. The molecule has 1 unspecified atom stereocenters. The molecule has 1 aromatic heterocycles. The number of carbonyl (C=O) groups excluding carboxylic acids is 1. The van der Waals surface area contributed by atoms with Gasteiger partial charge in [0.1, 0.15) is 0 Å². The van der Waals surface area contributed by atoms with Crippen LogP contribution >= 0.6 is 0 Å². The highest BCUT2D eigenvalue weighted by molar-refractivity contribution is 5.78. The Hall–Kier alpha value is -1.59. The Morgan fingerprint density at radius 2 is 2.22 bits per heavy atom. The normalized spacial score (nSPS) is 19.2. The molecule has 0 saturated carbocycles. The number of aromatic nitrogens is 1. The second-order valence-corrected chi connectivity index (χ2v) is 4.23. The summed E-state index contributed by atoms with van der Waals surface area (Å²) in [6.45, 7) is 0. The summed E-state index contributed by atoms with van der Waals surface area (Å²) >= 11 is 0. The number of carbonyl (C=O) groups is 1. The van der Waals surface area contributed by atoms with E-state index < -0.39 is 23.6 Å². The number of pyridine rings is 1. The number of halogens is 3. The zero-order valence-corrected chi connectivity index (χ0v) is 9.75. The van der Waals surface area contributed by atoms with E-state index in [1.807, 2.05) is 0 Å². The zero-order chi connectivity index (χ0) is 13.3. The summed E-state index contributed by atoms with van der Waals surface area (Å²) in [6.07, 6.45) is -1.88. The number of methoxy groups -OCH3 is 1. The van der Waals surface area contributed by atoms with Crippen LogP contribution in [0.25, 0.3) is 0 Å². The van der Waals surface area contributed by atoms with Gasteiger partial charge in [-0.3, -0.25) is 9.78 Å². The first-order valence-corrected chi connectivity index (χ1v) is 5.57. The Kier molecular flexibility index (Phi) is 3.28. The third-order valence-corrected chi connectivity index (χ3v) is 3.08. The van der Waals surface area contributed by atoms with E-state index in [2.05, 4.69) is 9.72 Å². The van der Waals surface area contributed by atoms with E-state index in [1.165, 1.54) is 7.11 Å². The van der Waals surface area contributed by atoms with Crippen molar-refractivity contribution in [1.29, 1.82) is 0 Å². The summed E-state index contributed by atoms with van der Waals surface area (Å²) in [5.74, 6) is -0.982. The fourth-order valence-electron chi connectivity index (χ4n) is 2.20. The van der Waals surface area contributed by atoms with Crippen molar-refractivity contribution < 1.29 is 22.7 Å². The molecule has 0 amide bonds. The van der Waals surface area contributed by atoms with Crippen molar-refractivity contribution in [2.45, 2.75) is 31.4 Å². The van der Waals surface area contributed by atoms with Gasteiger partial charge < -0.3 is 4.74 Å². The van der Waals surface area contributed by atoms with Crippen molar-refractivity contribution in [3.63, 3.8) is 0 Å². The third-order valence-electron chi connectivity index (χ3n) is 3.08. The Bertz CT molecular complexity index is 471. The third kappa shape index (κ3) is 2.32. The van der Waals surface area contributed by atoms with E-state index in [9.17, 15) is 18.0 Å². The summed E-state index contributed by atoms with van der Waals surface area (Å²) in [6, 6.07) is 1.08. The topological polar surface area (TPSA) is 39.2 Å². The molecule has 0 radical (unpaired) electrons. The van der Waals surface area contributed by atoms with Crippen molar-refractivity contribution in [3.8, 4) is 0 Å². The van der Waals surface area contributed by atoms with Crippen molar-refractivity contribution in [3.05, 3.63) is 29.1 Å². The minimum atomic E-state index is -4.40. The molecule has 3 nitrogen and oxygen atoms in total. The standard InChI is InChI=1S/C12H12F3NO2/c1-18-11(17)9-4-2-3-7-5-8(12(13,14)15)6-16-10(7)9/h5-6,9H,2-4H2,1H3. The average molecular weight is 259 g/mol. The van der Waals surface area contributed by atoms with E-state index in [1.54, 1.807) is 0 Å². The number of nitrogens with zero attached hydrogens (tertiary/aromatic N) is 1. The summed E-state index contributed by atoms with van der Waals surface area (Å²) < 4.78 is 42.3. The maximum absolute atomic E-state index is 12.5. The van der Waals surface area contributed by atoms with Crippen LogP contribution in [0.5, 0.6) is 0 Å². The second-order valence-electron chi connectivity index (χ2n) is 4.23. The maximum atomic E-state index is 12.5. The molecule has 1 atom stereocenters. The number of alkyl halides is 3. The fourth-order valence-corrected chi connectivity index (χ4v) is 2.20. The van der Waals surface area contributed by atoms with Crippen LogP contribution in [-0.4, -0.2) is 18.1 Å². The van der Waals surface area contributed by atoms with Gasteiger partial charge in [-0.2, -0.15) is 13.2 Å². The fraction of sp³-hybridized carbons (Fsp3) is 0.500. The van der Waals surface area contributed by atoms with Crippen LogP contribution < -0.4 is 0 Å². The van der Waals surface area contributed by atoms with Crippen LogP contribution in [-0.2, 0) is 22.1 Å². The quantitative estimate of drug-likeness (QED) is 0.728. The molecule has 1 heterocycles. The molecule has 1 aromatic rings. The Balaban J connectivity index is 2.40. The SMILES string of the molecule is COC(=O)C1CCCc2cc(C(F)(F)F)cnc21. The highest BCUT2D eigenvalue weighted by Gasteiger charge is 2.34. The molecular formula is C12H12F3NO2. The van der Waals surface area contributed by atoms with Crippen LogP contribution in [0.15, 0.2) is 12.3 Å². The highest BCUT2D eigenvalue weighted by Crippen LogP contribution is 2.35. The van der Waals surface area contributed by atoms with Gasteiger partial charge >= 0.3 is 12.1 Å². The summed E-state index contributed by atoms with van der Waals surface area (Å²) in [5, 5.41) is 0. The lowest BCUT2D eigenvalue weighted by Gasteiger charge is -2.23. The second kappa shape index (κ2) is 4.59. The Labute approximate surface area is 102 Å². The van der Waals surface area contributed by atoms with Gasteiger partial charge in [0, 0.05) is 6.20 Å². The monoisotopic (exact) mass is 259 g/mol. The first-order chi connectivity index (χ1) is 8.43. The zero-order valence-electron chi connectivity index (χ0n) is 9.75. The van der Waals surface area contributed by atoms with Crippen molar-refractivity contribution >= 4 is 5.97 Å². The van der Waals surface area contributed by atoms with Gasteiger partial charge in [-0.15, -0.1) is 0 Å². The van der Waals surface area contributed by atoms with Gasteiger partial charge in [0.05, 0.1) is 24.3 Å². The van der Waals surface area contributed by atoms with Gasteiger partial charge in [0.25, 0.3) is 0 Å². The lowest BCUT2D eigenvalue weighted by molar-refractivity contribution is -0.142. The van der Waals surface area contributed by atoms with Crippen LogP contribution in [0.1, 0.15) is 35.6 Å². The summed E-state index contributed by atoms with van der Waals surface area (Å²) in [4.78, 5) is 15.3. The predicted octanol–water partition coefficient (Wildman–Crippen LogP) is 2.69. The molecule has 2 rings (SSSR count). The predicted molar refractivity (Wildman–Crippen MR) is 56.9 cm³/mol. The molecule has 1 aliphatic rings. The van der Waals surface area contributed by atoms with Crippen LogP contribution in [0.3, 0.4) is 0 Å². The Morgan fingerprint density at radius 3 is 2.83 bits per heavy atom. The van der Waals surface area contributed by atoms with Crippen LogP contribution in [0.4, 0.5) is 13.2 Å². The van der Waals surface area contributed by atoms with E-state index in [0.717, 1.165) is 12.3 Å². The number of rotatable bonds is 1. The minimum absolute atomic E-state index is 0.418. The minimum Gasteiger partial charge on any atom is -0.469 e. The first kappa shape index (κ1) is 12.9. The molecular weight excluding hydrogens is 247 g/mol. The molecule has 0 aliphatic heterocycles. The molecule has 6 heteroatoms. The largest absolute Gasteiger partial charge is 0.469 e. The van der Waals surface area contributed by atoms with Gasteiger partial charge in [-0.1, -0.05) is 0 Å². The van der Waals surface area contributed by atoms with E-state index in [4.69, 9.17) is 0 Å². The van der Waals surface area contributed by atoms with E-state index >= 15 is 0 Å². The number of hydrogen-bond donors (Lipinski definition) is 0. The number of fused-ring (bicyclic) bond motifs is 1. The number of hydrogen-bond acceptors (Lipinski definition) is 3. The highest BCUT2D eigenvalue weighted by atomic mass is 19.4. The molecule has 0 bridgehead atoms. The van der Waals surface area contributed by atoms with Gasteiger partial charge in [-0.05, 0) is 30.9 Å². The molecule has 0 spiro atoms. The molecule has 0 aromatic carbocycles. The first-order valence-electron chi connectivity index (χ1n) is 5.57. The summed E-state index contributed by atoms with van der Waals surface area (Å²) in [7, 11) is 1.26. The Morgan fingerprint density at radius 1 is 1.50 bits per heavy atom. The number of aryl methyl sites for hydroxylation is 1. The van der Waals surface area contributed by atoms with E-state index in [0.29, 0.717) is 30.5 Å². The number of esters is 1. The molecule has 0 saturated heterocycles. The molecule has 1 aliphatic carbocycles. The lowest BCUT2D eigenvalue weighted by atomic mass is 9.86. The summed E-state index contributed by atoms with van der Waals surface area (Å²) in [5.41, 5.74) is 0.138. The van der Waals surface area contributed by atoms with Crippen molar-refractivity contribution in [2.75, 3.05) is 7.11 Å². The van der Waals surface area contributed by atoms with Gasteiger partial charge in [0.15, 0.2) is 0 Å².